The summed E-state index contributed by atoms with van der Waals surface area (Å²) >= 11 is 0. The van der Waals surface area contributed by atoms with Gasteiger partial charge >= 0.3 is 0 Å². The van der Waals surface area contributed by atoms with Crippen molar-refractivity contribution in [2.75, 3.05) is 47.4 Å². The highest BCUT2D eigenvalue weighted by atomic mass is 16.5. The molecule has 1 saturated carbocycles. The van der Waals surface area contributed by atoms with Crippen LogP contribution in [0.2, 0.25) is 0 Å². The van der Waals surface area contributed by atoms with Crippen LogP contribution < -0.4 is 15.4 Å². The van der Waals surface area contributed by atoms with Crippen molar-refractivity contribution in [3.63, 3.8) is 0 Å². The van der Waals surface area contributed by atoms with Gasteiger partial charge in [0.05, 0.1) is 6.10 Å². The van der Waals surface area contributed by atoms with E-state index in [1.54, 1.807) is 14.2 Å². The van der Waals surface area contributed by atoms with E-state index in [0.29, 0.717) is 12.6 Å². The molecule has 1 aromatic carbocycles. The molecule has 0 saturated heterocycles. The van der Waals surface area contributed by atoms with Gasteiger partial charge in [0.25, 0.3) is 0 Å². The predicted molar refractivity (Wildman–Crippen MR) is 107 cm³/mol. The summed E-state index contributed by atoms with van der Waals surface area (Å²) in [5.74, 6) is 1.80. The van der Waals surface area contributed by atoms with Crippen LogP contribution in [0.1, 0.15) is 31.2 Å². The molecule has 6 heteroatoms. The van der Waals surface area contributed by atoms with E-state index in [2.05, 4.69) is 45.8 Å². The fourth-order valence-corrected chi connectivity index (χ4v) is 2.79. The molecule has 1 aliphatic rings. The van der Waals surface area contributed by atoms with Gasteiger partial charge in [0.15, 0.2) is 5.96 Å². The van der Waals surface area contributed by atoms with Crippen LogP contribution >= 0.6 is 0 Å². The monoisotopic (exact) mass is 362 g/mol. The van der Waals surface area contributed by atoms with Crippen LogP contribution in [-0.4, -0.2) is 64.4 Å². The molecule has 2 rings (SSSR count). The minimum atomic E-state index is 0.391. The Morgan fingerprint density at radius 3 is 2.73 bits per heavy atom. The summed E-state index contributed by atoms with van der Waals surface area (Å²) in [6, 6.07) is 8.25. The highest BCUT2D eigenvalue weighted by Gasteiger charge is 2.20. The molecule has 2 N–H and O–H groups in total. The average Bonchev–Trinajstić information content (AvgIpc) is 2.62. The second kappa shape index (κ2) is 11.8. The lowest BCUT2D eigenvalue weighted by molar-refractivity contribution is 0.119. The maximum atomic E-state index is 6.09. The van der Waals surface area contributed by atoms with Crippen molar-refractivity contribution in [3.05, 3.63) is 29.8 Å². The fraction of sp³-hybridized carbons (Fsp3) is 0.650. The van der Waals surface area contributed by atoms with Gasteiger partial charge < -0.3 is 25.0 Å². The lowest BCUT2D eigenvalue weighted by Crippen LogP contribution is -2.40. The molecule has 0 amide bonds. The molecule has 1 aromatic rings. The number of nitrogens with zero attached hydrogens (tertiary/aromatic N) is 2. The topological polar surface area (TPSA) is 58.1 Å². The van der Waals surface area contributed by atoms with E-state index >= 15 is 0 Å². The number of nitrogens with one attached hydrogen (secondary N) is 2. The van der Waals surface area contributed by atoms with E-state index in [0.717, 1.165) is 44.4 Å². The number of para-hydroxylation sites is 1. The first-order valence-electron chi connectivity index (χ1n) is 9.59. The summed E-state index contributed by atoms with van der Waals surface area (Å²) in [6.45, 7) is 4.36. The Kier molecular flexibility index (Phi) is 9.28. The summed E-state index contributed by atoms with van der Waals surface area (Å²) in [5.41, 5.74) is 1.17. The molecule has 1 aliphatic carbocycles. The number of methoxy groups -OCH3 is 1. The van der Waals surface area contributed by atoms with Crippen molar-refractivity contribution in [1.29, 1.82) is 0 Å². The lowest BCUT2D eigenvalue weighted by atomic mass is 9.96. The van der Waals surface area contributed by atoms with Crippen molar-refractivity contribution in [2.24, 2.45) is 4.99 Å². The number of guanidine groups is 1. The van der Waals surface area contributed by atoms with E-state index in [1.807, 2.05) is 6.07 Å². The van der Waals surface area contributed by atoms with Crippen LogP contribution in [0.5, 0.6) is 5.75 Å². The van der Waals surface area contributed by atoms with Crippen LogP contribution in [0.25, 0.3) is 0 Å². The fourth-order valence-electron chi connectivity index (χ4n) is 2.79. The van der Waals surface area contributed by atoms with Crippen LogP contribution in [0.15, 0.2) is 29.3 Å². The SMILES string of the molecule is CN=C(NCCN(C)CCCOC)NCc1ccccc1OC1CCC1. The van der Waals surface area contributed by atoms with Gasteiger partial charge in [-0.25, -0.2) is 0 Å². The standard InChI is InChI=1S/C20H34N4O2/c1-21-20(22-12-14-24(2)13-7-15-25-3)23-16-17-8-4-5-11-19(17)26-18-9-6-10-18/h4-5,8,11,18H,6-7,9-10,12-16H2,1-3H3,(H2,21,22,23). The molecule has 0 aliphatic heterocycles. The Morgan fingerprint density at radius 1 is 1.23 bits per heavy atom. The number of likely N-dealkylation sites (N-methyl/N-ethyl adjacent to an activating group) is 1. The zero-order valence-corrected chi connectivity index (χ0v) is 16.5. The minimum Gasteiger partial charge on any atom is -0.490 e. The third kappa shape index (κ3) is 7.22. The molecule has 0 aromatic heterocycles. The van der Waals surface area contributed by atoms with Gasteiger partial charge in [-0.05, 0) is 38.8 Å². The summed E-state index contributed by atoms with van der Waals surface area (Å²) in [5, 5.41) is 6.75. The summed E-state index contributed by atoms with van der Waals surface area (Å²) < 4.78 is 11.2. The Bertz CT molecular complexity index is 546. The van der Waals surface area contributed by atoms with Crippen LogP contribution in [0.3, 0.4) is 0 Å². The van der Waals surface area contributed by atoms with E-state index in [1.165, 1.54) is 24.8 Å². The Morgan fingerprint density at radius 2 is 2.04 bits per heavy atom. The van der Waals surface area contributed by atoms with Gasteiger partial charge in [-0.2, -0.15) is 0 Å². The first-order valence-corrected chi connectivity index (χ1v) is 9.59. The van der Waals surface area contributed by atoms with Crippen LogP contribution in [0.4, 0.5) is 0 Å². The highest BCUT2D eigenvalue weighted by Crippen LogP contribution is 2.27. The number of rotatable bonds is 11. The van der Waals surface area contributed by atoms with E-state index in [-0.39, 0.29) is 0 Å². The Balaban J connectivity index is 1.71. The smallest absolute Gasteiger partial charge is 0.191 e. The number of hydrogen-bond donors (Lipinski definition) is 2. The number of benzene rings is 1. The van der Waals surface area contributed by atoms with E-state index in [4.69, 9.17) is 9.47 Å². The third-order valence-electron chi connectivity index (χ3n) is 4.66. The average molecular weight is 363 g/mol. The molecular formula is C20H34N4O2. The summed E-state index contributed by atoms with van der Waals surface area (Å²) in [7, 11) is 5.67. The van der Waals surface area contributed by atoms with E-state index in [9.17, 15) is 0 Å². The minimum absolute atomic E-state index is 0.391. The van der Waals surface area contributed by atoms with Crippen molar-refractivity contribution in [2.45, 2.75) is 38.3 Å². The van der Waals surface area contributed by atoms with Crippen molar-refractivity contribution < 1.29 is 9.47 Å². The van der Waals surface area contributed by atoms with Crippen molar-refractivity contribution >= 4 is 5.96 Å². The molecule has 1 fully saturated rings. The molecule has 0 unspecified atom stereocenters. The van der Waals surface area contributed by atoms with Gasteiger partial charge in [0, 0.05) is 52.5 Å². The van der Waals surface area contributed by atoms with Gasteiger partial charge in [-0.1, -0.05) is 18.2 Å². The number of ether oxygens (including phenoxy) is 2. The molecule has 26 heavy (non-hydrogen) atoms. The third-order valence-corrected chi connectivity index (χ3v) is 4.66. The Hall–Kier alpha value is -1.79. The maximum absolute atomic E-state index is 6.09. The van der Waals surface area contributed by atoms with Crippen molar-refractivity contribution in [3.8, 4) is 5.75 Å². The summed E-state index contributed by atoms with van der Waals surface area (Å²) in [6.07, 6.45) is 5.06. The predicted octanol–water partition coefficient (Wildman–Crippen LogP) is 2.25. The molecule has 0 radical (unpaired) electrons. The Labute approximate surface area is 158 Å². The second-order valence-corrected chi connectivity index (χ2v) is 6.78. The zero-order chi connectivity index (χ0) is 18.6. The summed E-state index contributed by atoms with van der Waals surface area (Å²) in [4.78, 5) is 6.60. The largest absolute Gasteiger partial charge is 0.490 e. The highest BCUT2D eigenvalue weighted by molar-refractivity contribution is 5.79. The normalized spacial score (nSPS) is 15.0. The number of aliphatic imine (C=N–C) groups is 1. The molecule has 0 heterocycles. The van der Waals surface area contributed by atoms with Gasteiger partial charge in [-0.3, -0.25) is 4.99 Å². The maximum Gasteiger partial charge on any atom is 0.191 e. The molecule has 0 spiro atoms. The second-order valence-electron chi connectivity index (χ2n) is 6.78. The van der Waals surface area contributed by atoms with E-state index < -0.39 is 0 Å². The quantitative estimate of drug-likeness (QED) is 0.359. The van der Waals surface area contributed by atoms with Crippen molar-refractivity contribution in [1.82, 2.24) is 15.5 Å². The molecule has 6 nitrogen and oxygen atoms in total. The zero-order valence-electron chi connectivity index (χ0n) is 16.5. The molecular weight excluding hydrogens is 328 g/mol. The van der Waals surface area contributed by atoms with Crippen LogP contribution in [0, 0.1) is 0 Å². The van der Waals surface area contributed by atoms with Gasteiger partial charge in [-0.15, -0.1) is 0 Å². The van der Waals surface area contributed by atoms with Crippen LogP contribution in [-0.2, 0) is 11.3 Å². The van der Waals surface area contributed by atoms with Gasteiger partial charge in [0.1, 0.15) is 5.75 Å². The lowest BCUT2D eigenvalue weighted by Gasteiger charge is -2.27. The first kappa shape index (κ1) is 20.5. The first-order chi connectivity index (χ1) is 12.7. The molecule has 0 atom stereocenters. The number of hydrogen-bond acceptors (Lipinski definition) is 4. The molecule has 146 valence electrons. The van der Waals surface area contributed by atoms with Gasteiger partial charge in [0.2, 0.25) is 0 Å². The molecule has 0 bridgehead atoms.